The molecule has 2 N–H and O–H groups in total. The van der Waals surface area contributed by atoms with Crippen LogP contribution in [-0.2, 0) is 9.47 Å². The number of nitrogens with one attached hydrogen (secondary N) is 2. The van der Waals surface area contributed by atoms with Gasteiger partial charge in [0.1, 0.15) is 0 Å². The minimum Gasteiger partial charge on any atom is -0.376 e. The minimum atomic E-state index is -4.04. The average molecular weight is 465 g/mol. The highest BCUT2D eigenvalue weighted by Crippen LogP contribution is 2.39. The van der Waals surface area contributed by atoms with Crippen LogP contribution in [-0.4, -0.2) is 58.2 Å². The fourth-order valence-electron chi connectivity index (χ4n) is 3.02. The molecule has 2 fully saturated rings. The zero-order valence-corrected chi connectivity index (χ0v) is 16.2. The van der Waals surface area contributed by atoms with Crippen molar-refractivity contribution in [2.45, 2.75) is 38.0 Å². The Morgan fingerprint density at radius 2 is 1.75 bits per heavy atom. The molecule has 0 spiro atoms. The summed E-state index contributed by atoms with van der Waals surface area (Å²) in [6, 6.07) is 0. The lowest BCUT2D eigenvalue weighted by molar-refractivity contribution is -0.183. The van der Waals surface area contributed by atoms with Crippen molar-refractivity contribution in [3.05, 3.63) is 0 Å². The van der Waals surface area contributed by atoms with Gasteiger partial charge in [-0.2, -0.15) is 13.2 Å². The molecule has 1 atom stereocenters. The summed E-state index contributed by atoms with van der Waals surface area (Å²) in [7, 11) is 1.67. The number of ether oxygens (including phenoxy) is 2. The molecule has 24 heavy (non-hydrogen) atoms. The minimum absolute atomic E-state index is 0. The Morgan fingerprint density at radius 3 is 2.29 bits per heavy atom. The number of guanidine groups is 1. The summed E-state index contributed by atoms with van der Waals surface area (Å²) >= 11 is 0. The molecule has 0 bridgehead atoms. The van der Waals surface area contributed by atoms with Crippen molar-refractivity contribution in [2.75, 3.05) is 40.0 Å². The summed E-state index contributed by atoms with van der Waals surface area (Å²) in [6.45, 7) is 3.03. The summed E-state index contributed by atoms with van der Waals surface area (Å²) in [5.41, 5.74) is 0. The SMILES string of the molecule is CN=C(NCC1CCC(C(F)(F)F)CC1)NCC1COCCO1.I. The first kappa shape index (κ1) is 21.8. The summed E-state index contributed by atoms with van der Waals surface area (Å²) in [5.74, 6) is -0.210. The van der Waals surface area contributed by atoms with Crippen LogP contribution < -0.4 is 10.6 Å². The van der Waals surface area contributed by atoms with E-state index >= 15 is 0 Å². The second kappa shape index (κ2) is 10.6. The predicted octanol–water partition coefficient (Wildman–Crippen LogP) is 2.55. The Balaban J connectivity index is 0.00000288. The summed E-state index contributed by atoms with van der Waals surface area (Å²) in [4.78, 5) is 4.13. The highest BCUT2D eigenvalue weighted by Gasteiger charge is 2.41. The highest BCUT2D eigenvalue weighted by atomic mass is 127. The fraction of sp³-hybridized carbons (Fsp3) is 0.933. The second-order valence-electron chi connectivity index (χ2n) is 6.16. The van der Waals surface area contributed by atoms with E-state index in [4.69, 9.17) is 9.47 Å². The van der Waals surface area contributed by atoms with Crippen LogP contribution in [0.4, 0.5) is 13.2 Å². The van der Waals surface area contributed by atoms with Gasteiger partial charge < -0.3 is 20.1 Å². The lowest BCUT2D eigenvalue weighted by atomic mass is 9.81. The monoisotopic (exact) mass is 465 g/mol. The van der Waals surface area contributed by atoms with E-state index in [-0.39, 0.29) is 48.8 Å². The van der Waals surface area contributed by atoms with Gasteiger partial charge in [-0.15, -0.1) is 24.0 Å². The van der Waals surface area contributed by atoms with Crippen LogP contribution in [0.15, 0.2) is 4.99 Å². The molecule has 142 valence electrons. The standard InChI is InChI=1S/C15H26F3N3O2.HI/c1-19-14(21-9-13-10-22-6-7-23-13)20-8-11-2-4-12(5-3-11)15(16,17)18;/h11-13H,2-10H2,1H3,(H2,19,20,21);1H. The van der Waals surface area contributed by atoms with Gasteiger partial charge in [-0.05, 0) is 31.6 Å². The molecule has 9 heteroatoms. The van der Waals surface area contributed by atoms with Crippen molar-refractivity contribution in [1.29, 1.82) is 0 Å². The van der Waals surface area contributed by atoms with Crippen LogP contribution in [0.3, 0.4) is 0 Å². The number of alkyl halides is 3. The van der Waals surface area contributed by atoms with Crippen molar-refractivity contribution >= 4 is 29.9 Å². The number of hydrogen-bond acceptors (Lipinski definition) is 3. The van der Waals surface area contributed by atoms with Gasteiger partial charge in [0, 0.05) is 20.1 Å². The summed E-state index contributed by atoms with van der Waals surface area (Å²) < 4.78 is 48.8. The van der Waals surface area contributed by atoms with E-state index in [1.807, 2.05) is 0 Å². The highest BCUT2D eigenvalue weighted by molar-refractivity contribution is 14.0. The van der Waals surface area contributed by atoms with Gasteiger partial charge in [0.15, 0.2) is 5.96 Å². The topological polar surface area (TPSA) is 54.9 Å². The van der Waals surface area contributed by atoms with E-state index in [9.17, 15) is 13.2 Å². The van der Waals surface area contributed by atoms with Crippen LogP contribution in [0, 0.1) is 11.8 Å². The van der Waals surface area contributed by atoms with Gasteiger partial charge in [-0.1, -0.05) is 0 Å². The van der Waals surface area contributed by atoms with Gasteiger partial charge in [0.25, 0.3) is 0 Å². The largest absolute Gasteiger partial charge is 0.391 e. The molecule has 1 unspecified atom stereocenters. The maximum atomic E-state index is 12.6. The molecule has 0 aromatic rings. The third-order valence-corrected chi connectivity index (χ3v) is 4.47. The lowest BCUT2D eigenvalue weighted by Crippen LogP contribution is -2.46. The molecule has 5 nitrogen and oxygen atoms in total. The molecule has 0 amide bonds. The Kier molecular flexibility index (Phi) is 9.65. The maximum Gasteiger partial charge on any atom is 0.391 e. The first-order valence-corrected chi connectivity index (χ1v) is 8.19. The van der Waals surface area contributed by atoms with E-state index in [1.165, 1.54) is 0 Å². The molecule has 1 aliphatic heterocycles. The Hall–Kier alpha value is -0.290. The van der Waals surface area contributed by atoms with Crippen LogP contribution >= 0.6 is 24.0 Å². The lowest BCUT2D eigenvalue weighted by Gasteiger charge is -2.30. The van der Waals surface area contributed by atoms with Gasteiger partial charge >= 0.3 is 6.18 Å². The molecule has 1 aliphatic carbocycles. The number of hydrogen-bond donors (Lipinski definition) is 2. The molecule has 0 radical (unpaired) electrons. The van der Waals surface area contributed by atoms with Crippen molar-refractivity contribution in [3.63, 3.8) is 0 Å². The molecule has 1 heterocycles. The number of rotatable bonds is 4. The third-order valence-electron chi connectivity index (χ3n) is 4.47. The first-order valence-electron chi connectivity index (χ1n) is 8.19. The number of aliphatic imine (C=N–C) groups is 1. The molecular weight excluding hydrogens is 438 g/mol. The van der Waals surface area contributed by atoms with Crippen LogP contribution in [0.1, 0.15) is 25.7 Å². The molecule has 2 rings (SSSR count). The predicted molar refractivity (Wildman–Crippen MR) is 96.8 cm³/mol. The van der Waals surface area contributed by atoms with Gasteiger partial charge in [-0.25, -0.2) is 0 Å². The molecular formula is C15H27F3IN3O2. The second-order valence-corrected chi connectivity index (χ2v) is 6.16. The summed E-state index contributed by atoms with van der Waals surface area (Å²) in [6.07, 6.45) is -2.37. The van der Waals surface area contributed by atoms with Gasteiger partial charge in [0.2, 0.25) is 0 Å². The zero-order chi connectivity index (χ0) is 16.7. The van der Waals surface area contributed by atoms with Gasteiger partial charge in [0.05, 0.1) is 31.8 Å². The third kappa shape index (κ3) is 7.30. The molecule has 1 saturated carbocycles. The molecule has 0 aromatic carbocycles. The quantitative estimate of drug-likeness (QED) is 0.381. The van der Waals surface area contributed by atoms with Gasteiger partial charge in [-0.3, -0.25) is 4.99 Å². The van der Waals surface area contributed by atoms with E-state index in [0.29, 0.717) is 51.7 Å². The summed E-state index contributed by atoms with van der Waals surface area (Å²) in [5, 5.41) is 6.36. The number of halogens is 4. The molecule has 2 aliphatic rings. The Bertz CT molecular complexity index is 383. The van der Waals surface area contributed by atoms with Crippen LogP contribution in [0.5, 0.6) is 0 Å². The Morgan fingerprint density at radius 1 is 1.08 bits per heavy atom. The van der Waals surface area contributed by atoms with E-state index in [1.54, 1.807) is 7.05 Å². The molecule has 1 saturated heterocycles. The fourth-order valence-corrected chi connectivity index (χ4v) is 3.02. The van der Waals surface area contributed by atoms with Crippen molar-refractivity contribution in [2.24, 2.45) is 16.8 Å². The van der Waals surface area contributed by atoms with Crippen LogP contribution in [0.25, 0.3) is 0 Å². The first-order chi connectivity index (χ1) is 11.0. The van der Waals surface area contributed by atoms with E-state index in [0.717, 1.165) is 0 Å². The smallest absolute Gasteiger partial charge is 0.376 e. The van der Waals surface area contributed by atoms with E-state index < -0.39 is 12.1 Å². The molecule has 0 aromatic heterocycles. The van der Waals surface area contributed by atoms with Crippen molar-refractivity contribution < 1.29 is 22.6 Å². The Labute approximate surface area is 158 Å². The average Bonchev–Trinajstić information content (AvgIpc) is 2.55. The van der Waals surface area contributed by atoms with E-state index in [2.05, 4.69) is 15.6 Å². The van der Waals surface area contributed by atoms with Crippen LogP contribution in [0.2, 0.25) is 0 Å². The van der Waals surface area contributed by atoms with Crippen molar-refractivity contribution in [3.8, 4) is 0 Å². The normalized spacial score (nSPS) is 28.8. The number of nitrogens with zero attached hydrogens (tertiary/aromatic N) is 1. The maximum absolute atomic E-state index is 12.6. The zero-order valence-electron chi connectivity index (χ0n) is 13.9. The van der Waals surface area contributed by atoms with Crippen molar-refractivity contribution in [1.82, 2.24) is 10.6 Å².